The molecule has 0 unspecified atom stereocenters. The van der Waals surface area contributed by atoms with Crippen LogP contribution in [0.3, 0.4) is 0 Å². The standard InChI is InChI=1S/C10H11N3O5/c1-5-3-12-7(4-11-5)9(16)13-6(10(17)18)2-8(14)15/h3-4,6H,2H2,1H3,(H,13,16)(H,14,15)(H,17,18)/t6-/m1/s1. The van der Waals surface area contributed by atoms with Crippen LogP contribution < -0.4 is 5.32 Å². The lowest BCUT2D eigenvalue weighted by molar-refractivity contribution is -0.145. The predicted molar refractivity (Wildman–Crippen MR) is 57.9 cm³/mol. The maximum Gasteiger partial charge on any atom is 0.326 e. The van der Waals surface area contributed by atoms with E-state index in [1.807, 2.05) is 0 Å². The molecule has 1 amide bonds. The summed E-state index contributed by atoms with van der Waals surface area (Å²) in [5.74, 6) is -3.53. The molecule has 1 aromatic heterocycles. The number of aromatic nitrogens is 2. The van der Waals surface area contributed by atoms with Crippen molar-refractivity contribution < 1.29 is 24.6 Å². The quantitative estimate of drug-likeness (QED) is 0.641. The molecule has 0 aliphatic heterocycles. The normalized spacial score (nSPS) is 11.6. The summed E-state index contributed by atoms with van der Waals surface area (Å²) in [6.45, 7) is 1.68. The third kappa shape index (κ3) is 3.81. The molecule has 3 N–H and O–H groups in total. The van der Waals surface area contributed by atoms with Gasteiger partial charge in [0.15, 0.2) is 0 Å². The van der Waals surface area contributed by atoms with Crippen molar-refractivity contribution in [3.8, 4) is 0 Å². The van der Waals surface area contributed by atoms with Gasteiger partial charge in [-0.05, 0) is 6.92 Å². The molecule has 0 bridgehead atoms. The zero-order valence-electron chi connectivity index (χ0n) is 9.45. The van der Waals surface area contributed by atoms with Crippen LogP contribution in [0.4, 0.5) is 0 Å². The fourth-order valence-corrected chi connectivity index (χ4v) is 1.12. The third-order valence-electron chi connectivity index (χ3n) is 2.00. The van der Waals surface area contributed by atoms with E-state index in [1.54, 1.807) is 6.92 Å². The molecule has 0 saturated carbocycles. The molecule has 1 aromatic rings. The first-order valence-electron chi connectivity index (χ1n) is 4.94. The molecule has 1 atom stereocenters. The third-order valence-corrected chi connectivity index (χ3v) is 2.00. The molecule has 18 heavy (non-hydrogen) atoms. The maximum absolute atomic E-state index is 11.6. The van der Waals surface area contributed by atoms with Crippen molar-refractivity contribution in [3.63, 3.8) is 0 Å². The monoisotopic (exact) mass is 253 g/mol. The zero-order chi connectivity index (χ0) is 13.7. The van der Waals surface area contributed by atoms with Gasteiger partial charge in [0, 0.05) is 6.20 Å². The molecule has 0 radical (unpaired) electrons. The average Bonchev–Trinajstić information content (AvgIpc) is 2.28. The Morgan fingerprint density at radius 3 is 2.39 bits per heavy atom. The van der Waals surface area contributed by atoms with Crippen molar-refractivity contribution in [2.75, 3.05) is 0 Å². The van der Waals surface area contributed by atoms with Crippen molar-refractivity contribution in [3.05, 3.63) is 23.8 Å². The van der Waals surface area contributed by atoms with Gasteiger partial charge in [0.2, 0.25) is 0 Å². The number of amides is 1. The summed E-state index contributed by atoms with van der Waals surface area (Å²) in [5, 5.41) is 19.3. The van der Waals surface area contributed by atoms with Gasteiger partial charge in [-0.25, -0.2) is 9.78 Å². The highest BCUT2D eigenvalue weighted by Gasteiger charge is 2.24. The summed E-state index contributed by atoms with van der Waals surface area (Å²) in [6, 6.07) is -1.50. The lowest BCUT2D eigenvalue weighted by atomic mass is 10.2. The van der Waals surface area contributed by atoms with Crippen LogP contribution in [0.25, 0.3) is 0 Å². The van der Waals surface area contributed by atoms with Gasteiger partial charge in [0.25, 0.3) is 5.91 Å². The fourth-order valence-electron chi connectivity index (χ4n) is 1.12. The first-order chi connectivity index (χ1) is 8.40. The smallest absolute Gasteiger partial charge is 0.326 e. The minimum Gasteiger partial charge on any atom is -0.481 e. The highest BCUT2D eigenvalue weighted by atomic mass is 16.4. The van der Waals surface area contributed by atoms with Crippen LogP contribution in [-0.4, -0.2) is 44.1 Å². The maximum atomic E-state index is 11.6. The van der Waals surface area contributed by atoms with Crippen molar-refractivity contribution in [2.24, 2.45) is 0 Å². The Balaban J connectivity index is 2.75. The second-order valence-electron chi connectivity index (χ2n) is 3.51. The Kier molecular flexibility index (Phi) is 4.30. The highest BCUT2D eigenvalue weighted by molar-refractivity contribution is 5.95. The Morgan fingerprint density at radius 1 is 1.28 bits per heavy atom. The molecule has 8 nitrogen and oxygen atoms in total. The van der Waals surface area contributed by atoms with Gasteiger partial charge in [-0.1, -0.05) is 0 Å². The summed E-state index contributed by atoms with van der Waals surface area (Å²) in [5.41, 5.74) is 0.532. The van der Waals surface area contributed by atoms with Gasteiger partial charge in [-0.3, -0.25) is 14.6 Å². The first kappa shape index (κ1) is 13.6. The second-order valence-corrected chi connectivity index (χ2v) is 3.51. The number of nitrogens with one attached hydrogen (secondary N) is 1. The largest absolute Gasteiger partial charge is 0.481 e. The predicted octanol–water partition coefficient (Wildman–Crippen LogP) is -0.557. The zero-order valence-corrected chi connectivity index (χ0v) is 9.45. The number of hydrogen-bond donors (Lipinski definition) is 3. The van der Waals surface area contributed by atoms with Crippen LogP contribution in [-0.2, 0) is 9.59 Å². The van der Waals surface area contributed by atoms with E-state index in [9.17, 15) is 14.4 Å². The second kappa shape index (κ2) is 5.71. The Hall–Kier alpha value is -2.51. The molecular weight excluding hydrogens is 242 g/mol. The number of hydrogen-bond acceptors (Lipinski definition) is 5. The number of rotatable bonds is 5. The van der Waals surface area contributed by atoms with E-state index in [0.29, 0.717) is 5.69 Å². The van der Waals surface area contributed by atoms with E-state index in [4.69, 9.17) is 10.2 Å². The Bertz CT molecular complexity index is 471. The van der Waals surface area contributed by atoms with E-state index in [0.717, 1.165) is 0 Å². The molecule has 8 heteroatoms. The highest BCUT2D eigenvalue weighted by Crippen LogP contribution is 1.98. The number of carboxylic acid groups (broad SMARTS) is 2. The van der Waals surface area contributed by atoms with E-state index in [1.165, 1.54) is 12.4 Å². The van der Waals surface area contributed by atoms with Gasteiger partial charge in [-0.15, -0.1) is 0 Å². The van der Waals surface area contributed by atoms with Gasteiger partial charge in [0.05, 0.1) is 18.3 Å². The molecule has 1 heterocycles. The first-order valence-corrected chi connectivity index (χ1v) is 4.94. The molecule has 0 aromatic carbocycles. The summed E-state index contributed by atoms with van der Waals surface area (Å²) in [4.78, 5) is 40.3. The summed E-state index contributed by atoms with van der Waals surface area (Å²) in [7, 11) is 0. The minimum absolute atomic E-state index is 0.0720. The lowest BCUT2D eigenvalue weighted by Crippen LogP contribution is -2.42. The number of nitrogens with zero attached hydrogens (tertiary/aromatic N) is 2. The molecular formula is C10H11N3O5. The number of carboxylic acids is 2. The Morgan fingerprint density at radius 2 is 1.94 bits per heavy atom. The molecule has 0 aliphatic carbocycles. The summed E-state index contributed by atoms with van der Waals surface area (Å²) < 4.78 is 0. The van der Waals surface area contributed by atoms with E-state index < -0.39 is 30.3 Å². The molecule has 1 rings (SSSR count). The molecule has 0 saturated heterocycles. The van der Waals surface area contributed by atoms with Crippen molar-refractivity contribution >= 4 is 17.8 Å². The van der Waals surface area contributed by atoms with Crippen LogP contribution in [0.5, 0.6) is 0 Å². The van der Waals surface area contributed by atoms with Crippen molar-refractivity contribution in [2.45, 2.75) is 19.4 Å². The van der Waals surface area contributed by atoms with Crippen LogP contribution in [0.2, 0.25) is 0 Å². The molecule has 96 valence electrons. The Labute approximate surface area is 102 Å². The average molecular weight is 253 g/mol. The number of aliphatic carboxylic acids is 2. The van der Waals surface area contributed by atoms with Gasteiger partial charge in [-0.2, -0.15) is 0 Å². The summed E-state index contributed by atoms with van der Waals surface area (Å²) >= 11 is 0. The lowest BCUT2D eigenvalue weighted by Gasteiger charge is -2.11. The molecule has 0 spiro atoms. The van der Waals surface area contributed by atoms with E-state index in [2.05, 4.69) is 15.3 Å². The van der Waals surface area contributed by atoms with Gasteiger partial charge >= 0.3 is 11.9 Å². The van der Waals surface area contributed by atoms with Crippen LogP contribution in [0, 0.1) is 6.92 Å². The van der Waals surface area contributed by atoms with Gasteiger partial charge in [0.1, 0.15) is 11.7 Å². The van der Waals surface area contributed by atoms with E-state index in [-0.39, 0.29) is 5.69 Å². The summed E-state index contributed by atoms with van der Waals surface area (Å²) in [6.07, 6.45) is 1.83. The number of carbonyl (C=O) groups excluding carboxylic acids is 1. The minimum atomic E-state index is -1.50. The van der Waals surface area contributed by atoms with Crippen LogP contribution >= 0.6 is 0 Å². The molecule has 0 fully saturated rings. The van der Waals surface area contributed by atoms with Crippen molar-refractivity contribution in [1.29, 1.82) is 0 Å². The van der Waals surface area contributed by atoms with Crippen LogP contribution in [0.15, 0.2) is 12.4 Å². The van der Waals surface area contributed by atoms with Crippen LogP contribution in [0.1, 0.15) is 22.6 Å². The number of carbonyl (C=O) groups is 3. The topological polar surface area (TPSA) is 129 Å². The fraction of sp³-hybridized carbons (Fsp3) is 0.300. The molecule has 0 aliphatic rings. The number of aryl methyl sites for hydroxylation is 1. The SMILES string of the molecule is Cc1cnc(C(=O)N[C@H](CC(=O)O)C(=O)O)cn1. The van der Waals surface area contributed by atoms with Gasteiger partial charge < -0.3 is 15.5 Å². The van der Waals surface area contributed by atoms with E-state index >= 15 is 0 Å². The van der Waals surface area contributed by atoms with Crippen molar-refractivity contribution in [1.82, 2.24) is 15.3 Å².